The van der Waals surface area contributed by atoms with Crippen LogP contribution < -0.4 is 15.1 Å². The largest absolute Gasteiger partial charge is 0.491 e. The Morgan fingerprint density at radius 2 is 1.57 bits per heavy atom. The minimum absolute atomic E-state index is 0.0979. The Labute approximate surface area is 311 Å². The van der Waals surface area contributed by atoms with Gasteiger partial charge in [-0.2, -0.15) is 5.01 Å². The number of carbonyl (C=O) groups is 4. The van der Waals surface area contributed by atoms with E-state index in [9.17, 15) is 23.9 Å². The molecule has 2 heterocycles. The number of fused-ring (bicyclic) bond motifs is 4. The number of imide groups is 2. The number of hydrogen-bond donors (Lipinski definition) is 2. The Balaban J connectivity index is 1.29. The number of aliphatic hydroxyl groups excluding tert-OH is 1. The standard InChI is InChI=1S/C42H37ClFN3O6/c1-2-24-3-15-30(16-4-24)46-38(49)33-20-19-32-34(36(33)40(46)51)23-35-39(50)47(45-29-13-11-28(44)12-14-29)41(52)42(35,26-7-9-27(43)10-8-26)37(32)25-5-17-31(18-6-25)53-22-21-48/h3-19,33-37,45,48H,2,20-23H2,1H3/t33-,34+,35-,36-,37-,42+/m0/s1. The first-order chi connectivity index (χ1) is 25.7. The van der Waals surface area contributed by atoms with Gasteiger partial charge in [-0.1, -0.05) is 66.6 Å². The number of nitrogens with zero attached hydrogens (tertiary/aromatic N) is 2. The average Bonchev–Trinajstić information content (AvgIpc) is 3.56. The molecular formula is C42H37ClFN3O6. The number of anilines is 2. The molecule has 3 fully saturated rings. The lowest BCUT2D eigenvalue weighted by molar-refractivity contribution is -0.138. The molecule has 270 valence electrons. The number of rotatable bonds is 9. The van der Waals surface area contributed by atoms with Gasteiger partial charge in [-0.05, 0) is 103 Å². The second-order valence-corrected chi connectivity index (χ2v) is 14.5. The van der Waals surface area contributed by atoms with E-state index in [1.165, 1.54) is 29.2 Å². The van der Waals surface area contributed by atoms with Crippen molar-refractivity contribution >= 4 is 46.6 Å². The molecule has 53 heavy (non-hydrogen) atoms. The van der Waals surface area contributed by atoms with Gasteiger partial charge < -0.3 is 9.84 Å². The van der Waals surface area contributed by atoms with Crippen LogP contribution in [0, 0.1) is 29.5 Å². The van der Waals surface area contributed by atoms with E-state index in [1.807, 2.05) is 37.3 Å². The summed E-state index contributed by atoms with van der Waals surface area (Å²) in [6.45, 7) is 1.97. The first kappa shape index (κ1) is 34.7. The van der Waals surface area contributed by atoms with Gasteiger partial charge in [-0.25, -0.2) is 4.39 Å². The monoisotopic (exact) mass is 733 g/mol. The zero-order valence-electron chi connectivity index (χ0n) is 28.9. The summed E-state index contributed by atoms with van der Waals surface area (Å²) in [5, 5.41) is 10.8. The zero-order valence-corrected chi connectivity index (χ0v) is 29.6. The number of amides is 4. The molecule has 0 radical (unpaired) electrons. The molecule has 0 unspecified atom stereocenters. The van der Waals surface area contributed by atoms with E-state index in [1.54, 1.807) is 48.5 Å². The van der Waals surface area contributed by atoms with Gasteiger partial charge >= 0.3 is 0 Å². The van der Waals surface area contributed by atoms with E-state index in [0.29, 0.717) is 39.7 Å². The van der Waals surface area contributed by atoms with Crippen LogP contribution in [0.2, 0.25) is 5.02 Å². The number of halogens is 2. The van der Waals surface area contributed by atoms with E-state index < -0.39 is 52.6 Å². The maximum Gasteiger partial charge on any atom is 0.260 e. The van der Waals surface area contributed by atoms with Crippen LogP contribution in [0.15, 0.2) is 109 Å². The summed E-state index contributed by atoms with van der Waals surface area (Å²) in [5.41, 5.74) is 5.52. The molecule has 4 aliphatic rings. The third-order valence-corrected chi connectivity index (χ3v) is 11.7. The van der Waals surface area contributed by atoms with Crippen molar-refractivity contribution in [2.24, 2.45) is 23.7 Å². The quantitative estimate of drug-likeness (QED) is 0.147. The van der Waals surface area contributed by atoms with Gasteiger partial charge in [0.25, 0.3) is 11.8 Å². The highest BCUT2D eigenvalue weighted by molar-refractivity contribution is 6.30. The third kappa shape index (κ3) is 5.54. The van der Waals surface area contributed by atoms with Gasteiger partial charge in [-0.3, -0.25) is 29.5 Å². The van der Waals surface area contributed by atoms with Gasteiger partial charge in [0.05, 0.1) is 41.2 Å². The fourth-order valence-corrected chi connectivity index (χ4v) is 9.21. The van der Waals surface area contributed by atoms with E-state index in [-0.39, 0.29) is 31.4 Å². The molecule has 2 aliphatic carbocycles. The van der Waals surface area contributed by atoms with Crippen molar-refractivity contribution in [1.29, 1.82) is 0 Å². The minimum Gasteiger partial charge on any atom is -0.491 e. The van der Waals surface area contributed by atoms with Crippen LogP contribution in [0.5, 0.6) is 5.75 Å². The lowest BCUT2D eigenvalue weighted by Gasteiger charge is -2.50. The Bertz CT molecular complexity index is 2120. The summed E-state index contributed by atoms with van der Waals surface area (Å²) in [6, 6.07) is 26.9. The number of hydrogen-bond acceptors (Lipinski definition) is 7. The van der Waals surface area contributed by atoms with Gasteiger partial charge in [0.1, 0.15) is 18.2 Å². The van der Waals surface area contributed by atoms with Crippen molar-refractivity contribution < 1.29 is 33.4 Å². The van der Waals surface area contributed by atoms with E-state index in [2.05, 4.69) is 5.43 Å². The Morgan fingerprint density at radius 1 is 0.868 bits per heavy atom. The van der Waals surface area contributed by atoms with E-state index in [4.69, 9.17) is 16.3 Å². The molecule has 4 aromatic carbocycles. The van der Waals surface area contributed by atoms with Crippen molar-refractivity contribution in [3.05, 3.63) is 136 Å². The summed E-state index contributed by atoms with van der Waals surface area (Å²) >= 11 is 6.38. The maximum absolute atomic E-state index is 15.3. The molecule has 11 heteroatoms. The Morgan fingerprint density at radius 3 is 2.23 bits per heavy atom. The number of benzene rings is 4. The predicted octanol–water partition coefficient (Wildman–Crippen LogP) is 6.60. The summed E-state index contributed by atoms with van der Waals surface area (Å²) in [7, 11) is 0. The van der Waals surface area contributed by atoms with Gasteiger partial charge in [-0.15, -0.1) is 0 Å². The van der Waals surface area contributed by atoms with Crippen LogP contribution in [0.4, 0.5) is 15.8 Å². The highest BCUT2D eigenvalue weighted by Gasteiger charge is 2.70. The van der Waals surface area contributed by atoms with Crippen LogP contribution in [0.1, 0.15) is 42.4 Å². The fourth-order valence-electron chi connectivity index (χ4n) is 9.09. The number of carbonyl (C=O) groups excluding carboxylic acids is 4. The molecule has 2 aliphatic heterocycles. The molecule has 4 aromatic rings. The third-order valence-electron chi connectivity index (χ3n) is 11.4. The van der Waals surface area contributed by atoms with Crippen LogP contribution in [0.25, 0.3) is 0 Å². The molecule has 2 N–H and O–H groups in total. The highest BCUT2D eigenvalue weighted by Crippen LogP contribution is 2.64. The summed E-state index contributed by atoms with van der Waals surface area (Å²) in [5.74, 6) is -5.14. The number of nitrogens with one attached hydrogen (secondary N) is 1. The van der Waals surface area contributed by atoms with Gasteiger partial charge in [0, 0.05) is 10.9 Å². The first-order valence-corrected chi connectivity index (χ1v) is 18.2. The maximum atomic E-state index is 15.3. The van der Waals surface area contributed by atoms with Crippen molar-refractivity contribution in [2.45, 2.75) is 37.5 Å². The smallest absolute Gasteiger partial charge is 0.260 e. The zero-order chi connectivity index (χ0) is 37.0. The normalized spacial score (nSPS) is 26.3. The fraction of sp³-hybridized carbons (Fsp3) is 0.286. The van der Waals surface area contributed by atoms with E-state index >= 15 is 4.79 Å². The van der Waals surface area contributed by atoms with Crippen LogP contribution in [0.3, 0.4) is 0 Å². The molecule has 8 rings (SSSR count). The van der Waals surface area contributed by atoms with Crippen molar-refractivity contribution in [3.63, 3.8) is 0 Å². The molecule has 4 amide bonds. The molecule has 0 bridgehead atoms. The topological polar surface area (TPSA) is 116 Å². The first-order valence-electron chi connectivity index (χ1n) is 17.8. The highest BCUT2D eigenvalue weighted by atomic mass is 35.5. The molecule has 0 aromatic heterocycles. The molecule has 1 saturated carbocycles. The molecule has 6 atom stereocenters. The van der Waals surface area contributed by atoms with Crippen LogP contribution in [-0.4, -0.2) is 47.0 Å². The number of allylic oxidation sites excluding steroid dienone is 2. The number of aliphatic hydroxyl groups is 1. The SMILES string of the molecule is CCc1ccc(N2C(=O)[C@H]3[C@H](CC=C4[C@H]3C[C@H]3C(=O)N(Nc5ccc(F)cc5)C(=O)[C@@]3(c3ccc(Cl)cc3)[C@H]4c3ccc(OCCO)cc3)C2=O)cc1. The minimum atomic E-state index is -1.49. The Hall–Kier alpha value is -5.32. The second kappa shape index (κ2) is 13.6. The van der Waals surface area contributed by atoms with Gasteiger partial charge in [0.2, 0.25) is 11.8 Å². The van der Waals surface area contributed by atoms with Crippen molar-refractivity contribution in [2.75, 3.05) is 23.5 Å². The lowest BCUT2D eigenvalue weighted by Crippen LogP contribution is -2.53. The predicted molar refractivity (Wildman–Crippen MR) is 196 cm³/mol. The van der Waals surface area contributed by atoms with Crippen molar-refractivity contribution in [3.8, 4) is 5.75 Å². The molecule has 0 spiro atoms. The van der Waals surface area contributed by atoms with Crippen LogP contribution in [-0.2, 0) is 31.0 Å². The average molecular weight is 734 g/mol. The molecular weight excluding hydrogens is 697 g/mol. The molecule has 9 nitrogen and oxygen atoms in total. The summed E-state index contributed by atoms with van der Waals surface area (Å²) < 4.78 is 19.5. The van der Waals surface area contributed by atoms with Crippen molar-refractivity contribution in [1.82, 2.24) is 5.01 Å². The number of hydrazine groups is 1. The number of aryl methyl sites for hydroxylation is 1. The Kier molecular flexibility index (Phi) is 8.91. The summed E-state index contributed by atoms with van der Waals surface area (Å²) in [6.07, 6.45) is 3.25. The second-order valence-electron chi connectivity index (χ2n) is 14.0. The van der Waals surface area contributed by atoms with Gasteiger partial charge in [0.15, 0.2) is 0 Å². The van der Waals surface area contributed by atoms with E-state index in [0.717, 1.165) is 22.6 Å². The summed E-state index contributed by atoms with van der Waals surface area (Å²) in [4.78, 5) is 59.9. The lowest BCUT2D eigenvalue weighted by atomic mass is 9.49. The number of ether oxygens (including phenoxy) is 1. The van der Waals surface area contributed by atoms with Crippen LogP contribution >= 0.6 is 11.6 Å². The molecule has 2 saturated heterocycles.